The van der Waals surface area contributed by atoms with Crippen molar-refractivity contribution >= 4 is 27.8 Å². The Morgan fingerprint density at radius 3 is 2.36 bits per heavy atom. The summed E-state index contributed by atoms with van der Waals surface area (Å²) in [6, 6.07) is 0. The Kier molecular flexibility index (Phi) is 8.05. The van der Waals surface area contributed by atoms with Gasteiger partial charge in [-0.3, -0.25) is 9.35 Å². The van der Waals surface area contributed by atoms with Gasteiger partial charge in [-0.1, -0.05) is 34.1 Å². The zero-order valence-electron chi connectivity index (χ0n) is 24.4. The number of thioether (sulfide) groups is 1. The van der Waals surface area contributed by atoms with Gasteiger partial charge in [0, 0.05) is 11.3 Å². The molecule has 0 aromatic rings. The van der Waals surface area contributed by atoms with E-state index in [9.17, 15) is 23.4 Å². The van der Waals surface area contributed by atoms with Crippen LogP contribution in [0.15, 0.2) is 0 Å². The molecule has 1 aliphatic heterocycles. The van der Waals surface area contributed by atoms with E-state index in [-0.39, 0.29) is 51.4 Å². The lowest BCUT2D eigenvalue weighted by atomic mass is 9.41. The van der Waals surface area contributed by atoms with Crippen molar-refractivity contribution in [1.29, 1.82) is 0 Å². The van der Waals surface area contributed by atoms with E-state index in [1.165, 1.54) is 25.7 Å². The van der Waals surface area contributed by atoms with Gasteiger partial charge in [-0.2, -0.15) is 8.42 Å². The van der Waals surface area contributed by atoms with Crippen molar-refractivity contribution in [3.05, 3.63) is 0 Å². The maximum Gasteiger partial charge on any atom is 0.266 e. The molecule has 1 saturated heterocycles. The normalized spacial score (nSPS) is 49.9. The van der Waals surface area contributed by atoms with Crippen molar-refractivity contribution in [3.63, 3.8) is 0 Å². The van der Waals surface area contributed by atoms with Crippen LogP contribution in [0, 0.1) is 52.3 Å². The second-order valence-electron chi connectivity index (χ2n) is 14.7. The minimum Gasteiger partial charge on any atom is -0.393 e. The first-order valence-electron chi connectivity index (χ1n) is 15.4. The van der Waals surface area contributed by atoms with Crippen LogP contribution in [0.4, 0.5) is 0 Å². The van der Waals surface area contributed by atoms with Crippen LogP contribution < -0.4 is 5.32 Å². The monoisotopic (exact) mass is 585 g/mol. The molecular weight excluding hydrogens is 534 g/mol. The van der Waals surface area contributed by atoms with Gasteiger partial charge in [-0.15, -0.1) is 11.8 Å². The fourth-order valence-electron chi connectivity index (χ4n) is 10.8. The molecule has 1 heterocycles. The minimum atomic E-state index is -4.08. The molecule has 0 aromatic carbocycles. The highest BCUT2D eigenvalue weighted by molar-refractivity contribution is 8.09. The smallest absolute Gasteiger partial charge is 0.266 e. The van der Waals surface area contributed by atoms with E-state index in [2.05, 4.69) is 39.9 Å². The van der Waals surface area contributed by atoms with Gasteiger partial charge in [0.05, 0.1) is 23.2 Å². The summed E-state index contributed by atoms with van der Waals surface area (Å²) in [5, 5.41) is 25.0. The maximum atomic E-state index is 12.7. The van der Waals surface area contributed by atoms with Crippen LogP contribution in [0.25, 0.3) is 0 Å². The van der Waals surface area contributed by atoms with Gasteiger partial charge >= 0.3 is 0 Å². The molecule has 4 saturated carbocycles. The summed E-state index contributed by atoms with van der Waals surface area (Å²) < 4.78 is 30.8. The molecule has 224 valence electrons. The number of amides is 1. The van der Waals surface area contributed by atoms with E-state index in [1.807, 2.05) is 0 Å². The van der Waals surface area contributed by atoms with Crippen molar-refractivity contribution in [1.82, 2.24) is 5.32 Å². The molecule has 0 spiro atoms. The Bertz CT molecular complexity index is 1050. The van der Waals surface area contributed by atoms with Crippen LogP contribution in [-0.4, -0.2) is 63.6 Å². The van der Waals surface area contributed by atoms with Gasteiger partial charge in [-0.25, -0.2) is 0 Å². The zero-order chi connectivity index (χ0) is 28.5. The van der Waals surface area contributed by atoms with Crippen LogP contribution in [0.3, 0.4) is 0 Å². The first-order chi connectivity index (χ1) is 18.1. The predicted molar refractivity (Wildman–Crippen MR) is 155 cm³/mol. The quantitative estimate of drug-likeness (QED) is 0.244. The fourth-order valence-corrected chi connectivity index (χ4v) is 12.4. The molecule has 13 atom stereocenters. The molecule has 5 rings (SSSR count). The Morgan fingerprint density at radius 2 is 1.69 bits per heavy atom. The third kappa shape index (κ3) is 5.23. The highest BCUT2D eigenvalue weighted by Gasteiger charge is 2.65. The van der Waals surface area contributed by atoms with Crippen molar-refractivity contribution in [2.24, 2.45) is 52.3 Å². The van der Waals surface area contributed by atoms with Crippen LogP contribution in [0.5, 0.6) is 0 Å². The summed E-state index contributed by atoms with van der Waals surface area (Å²) in [5.74, 6) is 2.51. The third-order valence-corrected chi connectivity index (χ3v) is 15.0. The second kappa shape index (κ2) is 10.4. The molecule has 9 heteroatoms. The molecule has 4 aliphatic carbocycles. The largest absolute Gasteiger partial charge is 0.393 e. The van der Waals surface area contributed by atoms with Gasteiger partial charge in [0.2, 0.25) is 5.91 Å². The van der Waals surface area contributed by atoms with E-state index in [0.717, 1.165) is 32.1 Å². The van der Waals surface area contributed by atoms with Crippen LogP contribution >= 0.6 is 11.8 Å². The topological polar surface area (TPSA) is 124 Å². The summed E-state index contributed by atoms with van der Waals surface area (Å²) in [4.78, 5) is 12.7. The first-order valence-corrected chi connectivity index (χ1v) is 17.9. The summed E-state index contributed by atoms with van der Waals surface area (Å²) in [5.41, 5.74) is 0.406. The summed E-state index contributed by atoms with van der Waals surface area (Å²) >= 11 is 1.67. The molecule has 0 radical (unpaired) electrons. The van der Waals surface area contributed by atoms with Crippen molar-refractivity contribution < 1.29 is 28.0 Å². The number of rotatable bonds is 8. The van der Waals surface area contributed by atoms with E-state index < -0.39 is 15.9 Å². The molecule has 5 aliphatic rings. The van der Waals surface area contributed by atoms with E-state index in [4.69, 9.17) is 4.55 Å². The molecule has 1 amide bonds. The molecule has 7 nitrogen and oxygen atoms in total. The number of aliphatic hydroxyl groups is 2. The number of hydrogen-bond acceptors (Lipinski definition) is 6. The highest BCUT2D eigenvalue weighted by Crippen LogP contribution is 2.70. The number of fused-ring (bicyclic) bond motifs is 5. The SMILES string of the molecule is CCC1C(O)C2C3CCC(C(C)CC4(C)SC4C(=O)NCCS(=O)(=O)O)C3(C)CCC2C2(C)CCC(O)CC12. The van der Waals surface area contributed by atoms with Gasteiger partial charge in [-0.05, 0) is 111 Å². The van der Waals surface area contributed by atoms with Gasteiger partial charge in [0.1, 0.15) is 0 Å². The van der Waals surface area contributed by atoms with E-state index in [1.54, 1.807) is 11.8 Å². The minimum absolute atomic E-state index is 0.0644. The van der Waals surface area contributed by atoms with E-state index >= 15 is 0 Å². The highest BCUT2D eigenvalue weighted by atomic mass is 32.2. The summed E-state index contributed by atoms with van der Waals surface area (Å²) in [6.07, 6.45) is 8.96. The fraction of sp³-hybridized carbons (Fsp3) is 0.967. The van der Waals surface area contributed by atoms with Gasteiger partial charge < -0.3 is 15.5 Å². The Morgan fingerprint density at radius 1 is 1.03 bits per heavy atom. The predicted octanol–water partition coefficient (Wildman–Crippen LogP) is 4.52. The molecule has 0 bridgehead atoms. The number of carbonyl (C=O) groups excluding carboxylic acids is 1. The summed E-state index contributed by atoms with van der Waals surface area (Å²) in [7, 11) is -4.08. The van der Waals surface area contributed by atoms with Crippen LogP contribution in [-0.2, 0) is 14.9 Å². The molecule has 13 unspecified atom stereocenters. The Hall–Kier alpha value is -0.350. The number of aliphatic hydroxyl groups excluding tert-OH is 2. The second-order valence-corrected chi connectivity index (χ2v) is 17.9. The lowest BCUT2D eigenvalue weighted by Gasteiger charge is -2.64. The molecule has 0 aromatic heterocycles. The summed E-state index contributed by atoms with van der Waals surface area (Å²) in [6.45, 7) is 11.7. The molecule has 39 heavy (non-hydrogen) atoms. The maximum absolute atomic E-state index is 12.7. The number of nitrogens with one attached hydrogen (secondary N) is 1. The Balaban J connectivity index is 1.27. The average molecular weight is 586 g/mol. The Labute approximate surface area is 239 Å². The number of carbonyl (C=O) groups is 1. The van der Waals surface area contributed by atoms with Crippen molar-refractivity contribution in [2.45, 2.75) is 115 Å². The average Bonchev–Trinajstić information content (AvgIpc) is 3.37. The standard InChI is InChI=1S/C30H51NO6S2/c1-6-19-23-15-18(32)9-11-29(23,4)22-10-12-28(3)20(7-8-21(28)24(22)25(19)33)17(2)16-30(5)26(38-30)27(34)31-13-14-39(35,36)37/h17-26,32-33H,6-16H2,1-5H3,(H,31,34)(H,35,36,37). The lowest BCUT2D eigenvalue weighted by Crippen LogP contribution is -2.62. The molecule has 4 N–H and O–H groups in total. The van der Waals surface area contributed by atoms with Gasteiger partial charge in [0.25, 0.3) is 10.1 Å². The third-order valence-electron chi connectivity index (χ3n) is 12.7. The van der Waals surface area contributed by atoms with Gasteiger partial charge in [0.15, 0.2) is 0 Å². The molecular formula is C30H51NO6S2. The zero-order valence-corrected chi connectivity index (χ0v) is 26.1. The van der Waals surface area contributed by atoms with E-state index in [0.29, 0.717) is 35.5 Å². The first kappa shape index (κ1) is 30.1. The number of hydrogen-bond donors (Lipinski definition) is 4. The van der Waals surface area contributed by atoms with Crippen molar-refractivity contribution in [3.8, 4) is 0 Å². The van der Waals surface area contributed by atoms with Crippen molar-refractivity contribution in [2.75, 3.05) is 12.3 Å². The van der Waals surface area contributed by atoms with Crippen LogP contribution in [0.1, 0.15) is 92.4 Å². The van der Waals surface area contributed by atoms with Crippen LogP contribution in [0.2, 0.25) is 0 Å². The molecule has 5 fully saturated rings. The lowest BCUT2D eigenvalue weighted by molar-refractivity contribution is -0.203.